The summed E-state index contributed by atoms with van der Waals surface area (Å²) in [6, 6.07) is 10.6. The minimum Gasteiger partial charge on any atom is -0.444 e. The summed E-state index contributed by atoms with van der Waals surface area (Å²) in [5.41, 5.74) is 1.48. The second-order valence-corrected chi connectivity index (χ2v) is 11.1. The number of ether oxygens (including phenoxy) is 1. The zero-order valence-corrected chi connectivity index (χ0v) is 20.8. The van der Waals surface area contributed by atoms with Crippen LogP contribution in [0.15, 0.2) is 35.7 Å². The Balaban J connectivity index is 1.26. The van der Waals surface area contributed by atoms with Crippen LogP contribution in [0.3, 0.4) is 0 Å². The Labute approximate surface area is 200 Å². The van der Waals surface area contributed by atoms with Crippen LogP contribution < -0.4 is 0 Å². The van der Waals surface area contributed by atoms with Gasteiger partial charge in [0.2, 0.25) is 0 Å². The highest BCUT2D eigenvalue weighted by molar-refractivity contribution is 7.09. The molecule has 0 saturated carbocycles. The maximum absolute atomic E-state index is 13.0. The Morgan fingerprint density at radius 1 is 1.00 bits per heavy atom. The first-order valence-electron chi connectivity index (χ1n) is 12.0. The van der Waals surface area contributed by atoms with Gasteiger partial charge in [-0.2, -0.15) is 0 Å². The Morgan fingerprint density at radius 2 is 1.64 bits per heavy atom. The summed E-state index contributed by atoms with van der Waals surface area (Å²) in [6.45, 7) is 8.59. The van der Waals surface area contributed by atoms with Crippen molar-refractivity contribution < 1.29 is 14.3 Å². The number of amides is 2. The van der Waals surface area contributed by atoms with E-state index in [0.29, 0.717) is 30.6 Å². The van der Waals surface area contributed by atoms with Crippen LogP contribution in [0, 0.1) is 5.92 Å². The van der Waals surface area contributed by atoms with Crippen LogP contribution >= 0.6 is 11.3 Å². The minimum absolute atomic E-state index is 0.0573. The molecule has 2 fully saturated rings. The SMILES string of the molecule is CC(C)(C)OC(=O)N1CCC(c2nc(C(=O)N3CCC(Cc4ccccc4)CC3)cs2)CC1. The van der Waals surface area contributed by atoms with Crippen LogP contribution in [0.25, 0.3) is 0 Å². The van der Waals surface area contributed by atoms with Gasteiger partial charge >= 0.3 is 6.09 Å². The number of hydrogen-bond acceptors (Lipinski definition) is 5. The van der Waals surface area contributed by atoms with E-state index in [1.165, 1.54) is 5.56 Å². The molecule has 2 amide bonds. The molecule has 3 heterocycles. The molecule has 0 bridgehead atoms. The molecule has 1 aromatic heterocycles. The van der Waals surface area contributed by atoms with Crippen LogP contribution in [0.2, 0.25) is 0 Å². The molecule has 2 aliphatic rings. The molecule has 0 unspecified atom stereocenters. The monoisotopic (exact) mass is 469 g/mol. The largest absolute Gasteiger partial charge is 0.444 e. The van der Waals surface area contributed by atoms with Crippen LogP contribution in [0.4, 0.5) is 4.79 Å². The lowest BCUT2D eigenvalue weighted by Crippen LogP contribution is -2.41. The standard InChI is InChI=1S/C26H35N3O3S/c1-26(2,3)32-25(31)29-15-11-21(12-16-29)23-27-22(18-33-23)24(30)28-13-9-20(10-14-28)17-19-7-5-4-6-8-19/h4-8,18,20-21H,9-17H2,1-3H3. The summed E-state index contributed by atoms with van der Waals surface area (Å²) >= 11 is 1.58. The first-order valence-corrected chi connectivity index (χ1v) is 12.9. The van der Waals surface area contributed by atoms with Crippen LogP contribution in [0.1, 0.15) is 73.4 Å². The quantitative estimate of drug-likeness (QED) is 0.605. The number of piperidine rings is 2. The topological polar surface area (TPSA) is 62.7 Å². The lowest BCUT2D eigenvalue weighted by atomic mass is 9.90. The number of hydrogen-bond donors (Lipinski definition) is 0. The number of likely N-dealkylation sites (tertiary alicyclic amines) is 2. The van der Waals surface area contributed by atoms with Gasteiger partial charge in [0.25, 0.3) is 5.91 Å². The predicted octanol–water partition coefficient (Wildman–Crippen LogP) is 5.35. The highest BCUT2D eigenvalue weighted by atomic mass is 32.1. The molecule has 0 radical (unpaired) electrons. The van der Waals surface area contributed by atoms with Crippen molar-refractivity contribution in [2.45, 2.75) is 64.4 Å². The van der Waals surface area contributed by atoms with Crippen molar-refractivity contribution in [1.82, 2.24) is 14.8 Å². The van der Waals surface area contributed by atoms with E-state index in [9.17, 15) is 9.59 Å². The van der Waals surface area contributed by atoms with Crippen molar-refractivity contribution in [2.24, 2.45) is 5.92 Å². The number of thiazole rings is 1. The highest BCUT2D eigenvalue weighted by Gasteiger charge is 2.30. The second-order valence-electron chi connectivity index (χ2n) is 10.2. The number of carbonyl (C=O) groups is 2. The van der Waals surface area contributed by atoms with Gasteiger partial charge in [0.15, 0.2) is 0 Å². The van der Waals surface area contributed by atoms with Crippen LogP contribution in [-0.2, 0) is 11.2 Å². The summed E-state index contributed by atoms with van der Waals surface area (Å²) < 4.78 is 5.49. The molecule has 2 aliphatic heterocycles. The van der Waals surface area contributed by atoms with Gasteiger partial charge in [-0.3, -0.25) is 4.79 Å². The molecule has 0 spiro atoms. The fraction of sp³-hybridized carbons (Fsp3) is 0.577. The molecular formula is C26H35N3O3S. The predicted molar refractivity (Wildman–Crippen MR) is 131 cm³/mol. The molecule has 6 nitrogen and oxygen atoms in total. The summed E-state index contributed by atoms with van der Waals surface area (Å²) in [7, 11) is 0. The second kappa shape index (κ2) is 10.2. The normalized spacial score (nSPS) is 18.4. The Kier molecular flexibility index (Phi) is 7.37. The van der Waals surface area contributed by atoms with Crippen molar-refractivity contribution in [2.75, 3.05) is 26.2 Å². The average Bonchev–Trinajstić information content (AvgIpc) is 3.29. The van der Waals surface area contributed by atoms with Crippen molar-refractivity contribution in [3.8, 4) is 0 Å². The van der Waals surface area contributed by atoms with Gasteiger partial charge in [-0.05, 0) is 64.4 Å². The van der Waals surface area contributed by atoms with Crippen LogP contribution in [-0.4, -0.2) is 58.6 Å². The fourth-order valence-corrected chi connectivity index (χ4v) is 5.62. The number of aromatic nitrogens is 1. The number of benzene rings is 1. The van der Waals surface area contributed by atoms with E-state index in [1.54, 1.807) is 16.2 Å². The number of carbonyl (C=O) groups excluding carboxylic acids is 2. The number of rotatable bonds is 4. The van der Waals surface area contributed by atoms with Crippen molar-refractivity contribution in [3.63, 3.8) is 0 Å². The summed E-state index contributed by atoms with van der Waals surface area (Å²) in [6.07, 6.45) is 4.63. The molecule has 7 heteroatoms. The molecule has 0 N–H and O–H groups in total. The van der Waals surface area contributed by atoms with E-state index in [1.807, 2.05) is 31.1 Å². The Bertz CT molecular complexity index is 937. The van der Waals surface area contributed by atoms with E-state index in [2.05, 4.69) is 30.3 Å². The first-order chi connectivity index (χ1) is 15.8. The summed E-state index contributed by atoms with van der Waals surface area (Å²) in [5.74, 6) is 0.992. The minimum atomic E-state index is -0.478. The van der Waals surface area contributed by atoms with Crippen LogP contribution in [0.5, 0.6) is 0 Å². The third kappa shape index (κ3) is 6.34. The molecule has 33 heavy (non-hydrogen) atoms. The van der Waals surface area contributed by atoms with Gasteiger partial charge in [0.05, 0.1) is 5.01 Å². The van der Waals surface area contributed by atoms with E-state index in [-0.39, 0.29) is 12.0 Å². The van der Waals surface area contributed by atoms with Gasteiger partial charge in [-0.15, -0.1) is 11.3 Å². The molecular weight excluding hydrogens is 434 g/mol. The van der Waals surface area contributed by atoms with E-state index < -0.39 is 5.60 Å². The third-order valence-corrected chi connectivity index (χ3v) is 7.51. The summed E-state index contributed by atoms with van der Waals surface area (Å²) in [5, 5.41) is 2.93. The molecule has 1 aromatic carbocycles. The number of nitrogens with zero attached hydrogens (tertiary/aromatic N) is 3. The third-order valence-electron chi connectivity index (χ3n) is 6.51. The first kappa shape index (κ1) is 23.7. The van der Waals surface area contributed by atoms with E-state index in [4.69, 9.17) is 9.72 Å². The lowest BCUT2D eigenvalue weighted by Gasteiger charge is -2.33. The molecule has 178 valence electrons. The summed E-state index contributed by atoms with van der Waals surface area (Å²) in [4.78, 5) is 33.8. The molecule has 4 rings (SSSR count). The van der Waals surface area contributed by atoms with Crippen molar-refractivity contribution in [3.05, 3.63) is 52.0 Å². The van der Waals surface area contributed by atoms with E-state index >= 15 is 0 Å². The van der Waals surface area contributed by atoms with E-state index in [0.717, 1.165) is 50.2 Å². The van der Waals surface area contributed by atoms with Crippen molar-refractivity contribution >= 4 is 23.3 Å². The zero-order chi connectivity index (χ0) is 23.4. The molecule has 2 aromatic rings. The zero-order valence-electron chi connectivity index (χ0n) is 20.0. The van der Waals surface area contributed by atoms with Gasteiger partial charge < -0.3 is 14.5 Å². The maximum Gasteiger partial charge on any atom is 0.410 e. The molecule has 0 atom stereocenters. The van der Waals surface area contributed by atoms with Crippen molar-refractivity contribution in [1.29, 1.82) is 0 Å². The average molecular weight is 470 g/mol. The molecule has 0 aliphatic carbocycles. The maximum atomic E-state index is 13.0. The fourth-order valence-electron chi connectivity index (χ4n) is 4.66. The Hall–Kier alpha value is -2.41. The highest BCUT2D eigenvalue weighted by Crippen LogP contribution is 2.31. The van der Waals surface area contributed by atoms with Gasteiger partial charge in [-0.25, -0.2) is 9.78 Å². The van der Waals surface area contributed by atoms with Gasteiger partial charge in [-0.1, -0.05) is 30.3 Å². The lowest BCUT2D eigenvalue weighted by molar-refractivity contribution is 0.0204. The van der Waals surface area contributed by atoms with Gasteiger partial charge in [0.1, 0.15) is 11.3 Å². The van der Waals surface area contributed by atoms with Gasteiger partial charge in [0, 0.05) is 37.5 Å². The Morgan fingerprint density at radius 3 is 2.27 bits per heavy atom. The molecule has 2 saturated heterocycles. The smallest absolute Gasteiger partial charge is 0.410 e.